The smallest absolute Gasteiger partial charge is 0.315 e. The summed E-state index contributed by atoms with van der Waals surface area (Å²) in [6.07, 6.45) is 1.27. The van der Waals surface area contributed by atoms with E-state index in [-0.39, 0.29) is 36.2 Å². The zero-order chi connectivity index (χ0) is 31.9. The molecule has 45 heavy (non-hydrogen) atoms. The van der Waals surface area contributed by atoms with Crippen LogP contribution in [-0.2, 0) is 13.2 Å². The second kappa shape index (κ2) is 13.6. The van der Waals surface area contributed by atoms with Gasteiger partial charge in [-0.05, 0) is 80.9 Å². The summed E-state index contributed by atoms with van der Waals surface area (Å²) in [5.41, 5.74) is 7.66. The van der Waals surface area contributed by atoms with Gasteiger partial charge in [-0.1, -0.05) is 29.8 Å². The zero-order valence-electron chi connectivity index (χ0n) is 25.3. The Morgan fingerprint density at radius 1 is 0.933 bits per heavy atom. The maximum absolute atomic E-state index is 12.6. The van der Waals surface area contributed by atoms with Crippen molar-refractivity contribution in [3.63, 3.8) is 0 Å². The Labute approximate surface area is 259 Å². The van der Waals surface area contributed by atoms with Crippen LogP contribution in [0.5, 0.6) is 17.2 Å². The van der Waals surface area contributed by atoms with Crippen LogP contribution >= 0.6 is 0 Å². The molecule has 5 rings (SSSR count). The lowest BCUT2D eigenvalue weighted by atomic mass is 10.1. The molecule has 0 spiro atoms. The Morgan fingerprint density at radius 2 is 1.64 bits per heavy atom. The van der Waals surface area contributed by atoms with Gasteiger partial charge in [-0.2, -0.15) is 5.10 Å². The van der Waals surface area contributed by atoms with Crippen LogP contribution < -0.4 is 19.6 Å². The van der Waals surface area contributed by atoms with Crippen LogP contribution in [0.2, 0.25) is 0 Å². The summed E-state index contributed by atoms with van der Waals surface area (Å²) in [7, 11) is 1.39. The lowest BCUT2D eigenvalue weighted by Crippen LogP contribution is -2.16. The molecular weight excluding hydrogens is 576 g/mol. The number of hydrogen-bond donors (Lipinski definition) is 1. The van der Waals surface area contributed by atoms with Crippen molar-refractivity contribution in [2.45, 2.75) is 34.0 Å². The van der Waals surface area contributed by atoms with E-state index in [1.54, 1.807) is 6.07 Å². The van der Waals surface area contributed by atoms with Gasteiger partial charge in [0.2, 0.25) is 5.75 Å². The van der Waals surface area contributed by atoms with E-state index in [1.165, 1.54) is 31.5 Å². The first-order valence-electron chi connectivity index (χ1n) is 14.1. The number of nitrogens with one attached hydrogen (secondary N) is 1. The Bertz CT molecular complexity index is 1820. The molecule has 0 aliphatic heterocycles. The van der Waals surface area contributed by atoms with Crippen LogP contribution in [0.25, 0.3) is 5.69 Å². The number of nitrogens with zero attached hydrogens (tertiary/aromatic N) is 3. The number of nitro groups is 1. The number of hydrazone groups is 1. The van der Waals surface area contributed by atoms with Crippen molar-refractivity contribution in [1.82, 2.24) is 9.99 Å². The second-order valence-corrected chi connectivity index (χ2v) is 10.3. The summed E-state index contributed by atoms with van der Waals surface area (Å²) in [5.74, 6) is 0.694. The van der Waals surface area contributed by atoms with Crippen LogP contribution in [-0.4, -0.2) is 28.7 Å². The molecule has 2 aromatic heterocycles. The van der Waals surface area contributed by atoms with E-state index in [4.69, 9.17) is 18.6 Å². The van der Waals surface area contributed by atoms with Crippen molar-refractivity contribution in [3.05, 3.63) is 135 Å². The Kier molecular flexibility index (Phi) is 9.28. The number of aromatic nitrogens is 1. The van der Waals surface area contributed by atoms with Crippen LogP contribution in [0.3, 0.4) is 0 Å². The Balaban J connectivity index is 1.18. The predicted octanol–water partition coefficient (Wildman–Crippen LogP) is 6.83. The molecule has 0 aliphatic rings. The van der Waals surface area contributed by atoms with Gasteiger partial charge in [0.15, 0.2) is 11.5 Å². The van der Waals surface area contributed by atoms with Crippen LogP contribution in [0.1, 0.15) is 44.4 Å². The lowest BCUT2D eigenvalue weighted by molar-refractivity contribution is -0.386. The normalized spacial score (nSPS) is 11.0. The minimum atomic E-state index is -0.598. The number of nitro benzene ring substituents is 1. The molecule has 0 atom stereocenters. The topological polar surface area (TPSA) is 130 Å². The molecule has 1 amide bonds. The van der Waals surface area contributed by atoms with Crippen molar-refractivity contribution in [2.75, 3.05) is 7.11 Å². The standard InChI is InChI=1S/C34H32N4O7/c1-22-5-9-25(10-6-22)20-44-33-30(38(40)41)17-26(18-32(33)42-4)19-35-36-34(39)31-16-15-29(45-31)21-43-28-13-11-27(12-14-28)37-23(2)7-8-24(37)3/h5-19H,20-21H2,1-4H3,(H,36,39)/b35-19+. The van der Waals surface area contributed by atoms with E-state index in [9.17, 15) is 14.9 Å². The number of furan rings is 1. The average Bonchev–Trinajstić information content (AvgIpc) is 3.65. The highest BCUT2D eigenvalue weighted by Crippen LogP contribution is 2.38. The molecule has 0 radical (unpaired) electrons. The van der Waals surface area contributed by atoms with Gasteiger partial charge in [0.25, 0.3) is 0 Å². The van der Waals surface area contributed by atoms with E-state index in [0.29, 0.717) is 17.1 Å². The molecule has 0 unspecified atom stereocenters. The molecular formula is C34H32N4O7. The summed E-state index contributed by atoms with van der Waals surface area (Å²) < 4.78 is 24.7. The lowest BCUT2D eigenvalue weighted by Gasteiger charge is -2.12. The van der Waals surface area contributed by atoms with Crippen molar-refractivity contribution >= 4 is 17.8 Å². The highest BCUT2D eigenvalue weighted by molar-refractivity contribution is 5.92. The monoisotopic (exact) mass is 608 g/mol. The molecule has 11 heteroatoms. The Hall–Kier alpha value is -5.84. The van der Waals surface area contributed by atoms with Gasteiger partial charge >= 0.3 is 11.6 Å². The number of methoxy groups -OCH3 is 1. The first kappa shape index (κ1) is 30.6. The third kappa shape index (κ3) is 7.39. The maximum atomic E-state index is 12.6. The van der Waals surface area contributed by atoms with E-state index < -0.39 is 10.8 Å². The number of rotatable bonds is 12. The summed E-state index contributed by atoms with van der Waals surface area (Å²) in [4.78, 5) is 23.9. The fourth-order valence-corrected chi connectivity index (χ4v) is 4.67. The van der Waals surface area contributed by atoms with Gasteiger partial charge in [-0.15, -0.1) is 0 Å². The SMILES string of the molecule is COc1cc(/C=N/NC(=O)c2ccc(COc3ccc(-n4c(C)ccc4C)cc3)o2)cc([N+](=O)[O-])c1OCc1ccc(C)cc1. The van der Waals surface area contributed by atoms with Crippen LogP contribution in [0.4, 0.5) is 5.69 Å². The Morgan fingerprint density at radius 3 is 2.31 bits per heavy atom. The molecule has 2 heterocycles. The molecule has 0 bridgehead atoms. The average molecular weight is 609 g/mol. The van der Waals surface area contributed by atoms with Crippen LogP contribution in [0, 0.1) is 30.9 Å². The van der Waals surface area contributed by atoms with Gasteiger partial charge in [0.1, 0.15) is 24.7 Å². The molecule has 0 saturated heterocycles. The van der Waals surface area contributed by atoms with E-state index >= 15 is 0 Å². The number of carbonyl (C=O) groups excluding carboxylic acids is 1. The quantitative estimate of drug-likeness (QED) is 0.0933. The first-order chi connectivity index (χ1) is 21.7. The number of ether oxygens (including phenoxy) is 3. The third-order valence-electron chi connectivity index (χ3n) is 6.99. The largest absolute Gasteiger partial charge is 0.493 e. The number of amides is 1. The third-order valence-corrected chi connectivity index (χ3v) is 6.99. The van der Waals surface area contributed by atoms with E-state index in [2.05, 4.69) is 41.1 Å². The van der Waals surface area contributed by atoms with Gasteiger partial charge < -0.3 is 23.2 Å². The first-order valence-corrected chi connectivity index (χ1v) is 14.1. The molecule has 5 aromatic rings. The summed E-state index contributed by atoms with van der Waals surface area (Å²) in [6.45, 7) is 6.32. The van der Waals surface area contributed by atoms with Crippen molar-refractivity contribution in [3.8, 4) is 22.9 Å². The van der Waals surface area contributed by atoms with Gasteiger partial charge in [0.05, 0.1) is 18.2 Å². The highest BCUT2D eigenvalue weighted by atomic mass is 16.6. The van der Waals surface area contributed by atoms with E-state index in [0.717, 1.165) is 28.2 Å². The van der Waals surface area contributed by atoms with Crippen LogP contribution in [0.15, 0.2) is 94.4 Å². The molecule has 0 aliphatic carbocycles. The fraction of sp³-hybridized carbons (Fsp3) is 0.176. The molecule has 0 fully saturated rings. The van der Waals surface area contributed by atoms with E-state index in [1.807, 2.05) is 55.5 Å². The summed E-state index contributed by atoms with van der Waals surface area (Å²) >= 11 is 0. The highest BCUT2D eigenvalue weighted by Gasteiger charge is 2.22. The minimum absolute atomic E-state index is 0.00312. The second-order valence-electron chi connectivity index (χ2n) is 10.3. The maximum Gasteiger partial charge on any atom is 0.315 e. The molecule has 0 saturated carbocycles. The number of aryl methyl sites for hydroxylation is 3. The van der Waals surface area contributed by atoms with Gasteiger partial charge in [-0.25, -0.2) is 5.43 Å². The number of carbonyl (C=O) groups is 1. The molecule has 1 N–H and O–H groups in total. The number of hydrogen-bond acceptors (Lipinski definition) is 8. The molecule has 230 valence electrons. The number of benzene rings is 3. The van der Waals surface area contributed by atoms with Gasteiger partial charge in [-0.3, -0.25) is 14.9 Å². The van der Waals surface area contributed by atoms with Crippen molar-refractivity contribution < 1.29 is 28.3 Å². The summed E-state index contributed by atoms with van der Waals surface area (Å²) in [5, 5.41) is 15.8. The predicted molar refractivity (Wildman–Crippen MR) is 169 cm³/mol. The van der Waals surface area contributed by atoms with Gasteiger partial charge in [0, 0.05) is 28.7 Å². The fourth-order valence-electron chi connectivity index (χ4n) is 4.67. The zero-order valence-corrected chi connectivity index (χ0v) is 25.3. The summed E-state index contributed by atoms with van der Waals surface area (Å²) in [6, 6.07) is 25.5. The minimum Gasteiger partial charge on any atom is -0.493 e. The molecule has 11 nitrogen and oxygen atoms in total. The van der Waals surface area contributed by atoms with Crippen molar-refractivity contribution in [1.29, 1.82) is 0 Å². The van der Waals surface area contributed by atoms with Crippen molar-refractivity contribution in [2.24, 2.45) is 5.10 Å². The molecule has 3 aromatic carbocycles.